The van der Waals surface area contributed by atoms with Crippen LogP contribution < -0.4 is 16.4 Å². The lowest BCUT2D eigenvalue weighted by molar-refractivity contribution is 0.165. The van der Waals surface area contributed by atoms with Crippen molar-refractivity contribution >= 4 is 29.6 Å². The molecular formula is C24H32N8O. The summed E-state index contributed by atoms with van der Waals surface area (Å²) in [5, 5.41) is 13.2. The third-order valence-electron chi connectivity index (χ3n) is 6.25. The molecule has 4 rings (SSSR count). The molecule has 1 aromatic rings. The number of hydrogen-bond acceptors (Lipinski definition) is 7. The van der Waals surface area contributed by atoms with Gasteiger partial charge in [-0.2, -0.15) is 5.10 Å². The van der Waals surface area contributed by atoms with E-state index in [9.17, 15) is 4.79 Å². The topological polar surface area (TPSA) is 111 Å². The molecule has 0 spiro atoms. The van der Waals surface area contributed by atoms with Crippen LogP contribution in [0.4, 0.5) is 10.5 Å². The molecule has 9 nitrogen and oxygen atoms in total. The van der Waals surface area contributed by atoms with Gasteiger partial charge in [0.05, 0.1) is 6.04 Å². The Morgan fingerprint density at radius 1 is 1.39 bits per heavy atom. The number of unbranched alkanes of at least 4 members (excludes halogenated alkanes) is 1. The summed E-state index contributed by atoms with van der Waals surface area (Å²) in [4.78, 5) is 22.9. The lowest BCUT2D eigenvalue weighted by Gasteiger charge is -2.29. The zero-order valence-corrected chi connectivity index (χ0v) is 19.5. The third kappa shape index (κ3) is 5.01. The number of fused-ring (bicyclic) bond motifs is 1. The van der Waals surface area contributed by atoms with Gasteiger partial charge in [0.1, 0.15) is 23.8 Å². The van der Waals surface area contributed by atoms with Gasteiger partial charge in [0.2, 0.25) is 0 Å². The lowest BCUT2D eigenvalue weighted by atomic mass is 9.98. The first-order valence-electron chi connectivity index (χ1n) is 11.5. The molecule has 3 atom stereocenters. The number of aryl methyl sites for hydroxylation is 1. The molecule has 0 radical (unpaired) electrons. The third-order valence-corrected chi connectivity index (χ3v) is 6.25. The molecule has 3 aliphatic rings. The van der Waals surface area contributed by atoms with Crippen molar-refractivity contribution in [1.82, 2.24) is 15.2 Å². The summed E-state index contributed by atoms with van der Waals surface area (Å²) in [6.45, 7) is 6.67. The molecule has 33 heavy (non-hydrogen) atoms. The molecule has 3 heterocycles. The lowest BCUT2D eigenvalue weighted by Crippen LogP contribution is -2.45. The molecule has 1 fully saturated rings. The maximum absolute atomic E-state index is 12.4. The van der Waals surface area contributed by atoms with Gasteiger partial charge in [-0.15, -0.1) is 0 Å². The first-order chi connectivity index (χ1) is 16.0. The molecule has 0 aromatic heterocycles. The van der Waals surface area contributed by atoms with Crippen LogP contribution in [0, 0.1) is 24.7 Å². The van der Waals surface area contributed by atoms with Crippen molar-refractivity contribution < 1.29 is 4.79 Å². The van der Waals surface area contributed by atoms with E-state index in [0.717, 1.165) is 50.0 Å². The van der Waals surface area contributed by atoms with Gasteiger partial charge >= 0.3 is 6.03 Å². The number of benzene rings is 1. The summed E-state index contributed by atoms with van der Waals surface area (Å²) in [7, 11) is 1.80. The number of hydrogen-bond donors (Lipinski definition) is 3. The summed E-state index contributed by atoms with van der Waals surface area (Å²) in [6, 6.07) is 5.90. The van der Waals surface area contributed by atoms with E-state index in [1.807, 2.05) is 30.1 Å². The van der Waals surface area contributed by atoms with Gasteiger partial charge in [-0.25, -0.2) is 14.8 Å². The van der Waals surface area contributed by atoms with Gasteiger partial charge < -0.3 is 21.3 Å². The molecule has 2 amide bonds. The van der Waals surface area contributed by atoms with E-state index >= 15 is 0 Å². The Labute approximate surface area is 195 Å². The highest BCUT2D eigenvalue weighted by Gasteiger charge is 2.43. The van der Waals surface area contributed by atoms with Gasteiger partial charge in [-0.1, -0.05) is 25.3 Å². The van der Waals surface area contributed by atoms with Crippen molar-refractivity contribution in [1.29, 1.82) is 0 Å². The highest BCUT2D eigenvalue weighted by atomic mass is 16.2. The van der Waals surface area contributed by atoms with E-state index in [0.29, 0.717) is 17.2 Å². The zero-order valence-electron chi connectivity index (χ0n) is 19.5. The predicted molar refractivity (Wildman–Crippen MR) is 133 cm³/mol. The molecule has 9 heteroatoms. The number of hydrazone groups is 1. The minimum atomic E-state index is -0.237. The fourth-order valence-corrected chi connectivity index (χ4v) is 4.18. The minimum absolute atomic E-state index is 0.126. The fraction of sp³-hybridized carbons (Fsp3) is 0.500. The van der Waals surface area contributed by atoms with Gasteiger partial charge in [0.15, 0.2) is 6.17 Å². The van der Waals surface area contributed by atoms with Crippen molar-refractivity contribution in [2.45, 2.75) is 45.3 Å². The van der Waals surface area contributed by atoms with Gasteiger partial charge in [-0.05, 0) is 49.9 Å². The van der Waals surface area contributed by atoms with Crippen molar-refractivity contribution in [3.8, 4) is 11.8 Å². The number of nitrogens with one attached hydrogen (secondary N) is 2. The maximum atomic E-state index is 12.4. The second-order valence-electron chi connectivity index (χ2n) is 8.71. The number of rotatable bonds is 5. The molecule has 0 saturated carbocycles. The molecule has 3 unspecified atom stereocenters. The second-order valence-corrected chi connectivity index (χ2v) is 8.71. The number of aliphatic imine (C=N–C) groups is 2. The van der Waals surface area contributed by atoms with Crippen LogP contribution in [0.25, 0.3) is 0 Å². The van der Waals surface area contributed by atoms with E-state index < -0.39 is 0 Å². The van der Waals surface area contributed by atoms with Crippen LogP contribution in [0.3, 0.4) is 0 Å². The number of nitrogens with two attached hydrogens (primary N) is 1. The fourth-order valence-electron chi connectivity index (χ4n) is 4.18. The Bertz CT molecular complexity index is 1040. The minimum Gasteiger partial charge on any atom is -0.386 e. The van der Waals surface area contributed by atoms with Crippen molar-refractivity contribution in [3.05, 3.63) is 29.3 Å². The Balaban J connectivity index is 1.54. The highest BCUT2D eigenvalue weighted by molar-refractivity contribution is 6.17. The molecule has 174 valence electrons. The van der Waals surface area contributed by atoms with Crippen LogP contribution in [0.2, 0.25) is 0 Å². The molecular weight excluding hydrogens is 416 g/mol. The standard InChI is InChI=1S/C24H32N8O/c1-4-5-12-31(3)24(33)29-18-8-6-16(2)17(13-18)7-9-20-21-22(25)27-15-28-23(21)32(30-20)19-10-11-26-14-19/h6,8,13,15,19,21,23,26H,4-5,10-12,14H2,1-3H3,(H,29,33)(H2,25,27,28). The van der Waals surface area contributed by atoms with E-state index in [1.165, 1.54) is 6.34 Å². The molecule has 1 aromatic carbocycles. The number of amides is 2. The number of carbonyl (C=O) groups excluding carboxylic acids is 1. The monoisotopic (exact) mass is 448 g/mol. The van der Waals surface area contributed by atoms with Crippen LogP contribution in [0.5, 0.6) is 0 Å². The van der Waals surface area contributed by atoms with Crippen molar-refractivity contribution in [2.24, 2.45) is 26.7 Å². The van der Waals surface area contributed by atoms with Crippen LogP contribution >= 0.6 is 0 Å². The molecule has 0 bridgehead atoms. The Hall–Kier alpha value is -3.38. The summed E-state index contributed by atoms with van der Waals surface area (Å²) >= 11 is 0. The van der Waals surface area contributed by atoms with Crippen molar-refractivity contribution in [2.75, 3.05) is 32.0 Å². The van der Waals surface area contributed by atoms with Crippen LogP contribution in [0.15, 0.2) is 33.3 Å². The quantitative estimate of drug-likeness (QED) is 0.598. The Morgan fingerprint density at radius 2 is 2.24 bits per heavy atom. The summed E-state index contributed by atoms with van der Waals surface area (Å²) in [5.41, 5.74) is 9.48. The summed E-state index contributed by atoms with van der Waals surface area (Å²) < 4.78 is 0. The zero-order chi connectivity index (χ0) is 23.4. The molecule has 4 N–H and O–H groups in total. The number of carbonyl (C=O) groups is 1. The first kappa shape index (κ1) is 22.8. The smallest absolute Gasteiger partial charge is 0.321 e. The van der Waals surface area contributed by atoms with Crippen molar-refractivity contribution in [3.63, 3.8) is 0 Å². The SMILES string of the molecule is CCCCN(C)C(=O)Nc1ccc(C)c(C#CC2=NN(C3CCNC3)C3N=CN=C(N)C23)c1. The van der Waals surface area contributed by atoms with E-state index in [4.69, 9.17) is 10.8 Å². The van der Waals surface area contributed by atoms with Crippen LogP contribution in [-0.4, -0.2) is 72.7 Å². The van der Waals surface area contributed by atoms with E-state index in [2.05, 4.69) is 39.4 Å². The second kappa shape index (κ2) is 10.0. The van der Waals surface area contributed by atoms with E-state index in [1.54, 1.807) is 11.9 Å². The molecule has 1 saturated heterocycles. The number of amidine groups is 1. The van der Waals surface area contributed by atoms with Crippen LogP contribution in [-0.2, 0) is 0 Å². The number of nitrogens with zero attached hydrogens (tertiary/aromatic N) is 5. The summed E-state index contributed by atoms with van der Waals surface area (Å²) in [6.07, 6.45) is 4.35. The average molecular weight is 449 g/mol. The normalized spacial score (nSPS) is 23.4. The van der Waals surface area contributed by atoms with Crippen LogP contribution in [0.1, 0.15) is 37.3 Å². The summed E-state index contributed by atoms with van der Waals surface area (Å²) in [5.74, 6) is 6.73. The number of urea groups is 1. The predicted octanol–water partition coefficient (Wildman–Crippen LogP) is 1.99. The maximum Gasteiger partial charge on any atom is 0.321 e. The molecule has 0 aliphatic carbocycles. The highest BCUT2D eigenvalue weighted by Crippen LogP contribution is 2.29. The molecule has 3 aliphatic heterocycles. The number of anilines is 1. The van der Waals surface area contributed by atoms with Gasteiger partial charge in [0.25, 0.3) is 0 Å². The first-order valence-corrected chi connectivity index (χ1v) is 11.5. The largest absolute Gasteiger partial charge is 0.386 e. The Morgan fingerprint density at radius 3 is 3.00 bits per heavy atom. The average Bonchev–Trinajstić information content (AvgIpc) is 3.46. The van der Waals surface area contributed by atoms with E-state index in [-0.39, 0.29) is 24.2 Å². The van der Waals surface area contributed by atoms with Gasteiger partial charge in [-0.3, -0.25) is 5.01 Å². The Kier molecular flexibility index (Phi) is 6.94. The van der Waals surface area contributed by atoms with Gasteiger partial charge in [0, 0.05) is 31.4 Å².